The van der Waals surface area contributed by atoms with Gasteiger partial charge in [0.05, 0.1) is 27.1 Å². The topological polar surface area (TPSA) is 151 Å². The average Bonchev–Trinajstić information content (AvgIpc) is 3.41. The van der Waals surface area contributed by atoms with E-state index in [9.17, 15) is 21.6 Å². The van der Waals surface area contributed by atoms with Crippen LogP contribution in [0.4, 0.5) is 5.69 Å². The van der Waals surface area contributed by atoms with E-state index in [2.05, 4.69) is 9.71 Å². The monoisotopic (exact) mass is 574 g/mol. The number of anilines is 1. The molecule has 0 fully saturated rings. The molecule has 5 rings (SSSR count). The molecule has 0 aliphatic rings. The molecule has 0 amide bonds. The van der Waals surface area contributed by atoms with Crippen LogP contribution in [0.2, 0.25) is 0 Å². The van der Waals surface area contributed by atoms with Crippen LogP contribution in [0.5, 0.6) is 11.5 Å². The van der Waals surface area contributed by atoms with Crippen molar-refractivity contribution in [3.8, 4) is 28.7 Å². The number of nitrogens with zero attached hydrogens (tertiary/aromatic N) is 2. The largest absolute Gasteiger partial charge is 0.457 e. The highest BCUT2D eigenvalue weighted by Crippen LogP contribution is 2.38. The highest BCUT2D eigenvalue weighted by Gasteiger charge is 2.19. The maximum atomic E-state index is 12.9. The zero-order valence-corrected chi connectivity index (χ0v) is 22.9. The molecule has 12 heteroatoms. The fraction of sp³-hybridized carbons (Fsp3) is 0.0714. The quantitative estimate of drug-likeness (QED) is 0.292. The number of rotatable bonds is 7. The first-order valence-corrected chi connectivity index (χ1v) is 15.2. The summed E-state index contributed by atoms with van der Waals surface area (Å²) in [6.07, 6.45) is 4.33. The number of aromatic amines is 1. The molecule has 0 saturated carbocycles. The van der Waals surface area contributed by atoms with Gasteiger partial charge in [-0.05, 0) is 60.7 Å². The lowest BCUT2D eigenvalue weighted by molar-refractivity contribution is 0.484. The number of nitrogens with one attached hydrogen (secondary N) is 2. The standard InChI is InChI=1S/C28H22N4O6S2/c1-32-17-25(23-12-13-30-27(23)28(32)33)24-15-22(39(2,34)35)10-11-26(24)38-20-5-3-4-19(14-20)31-40(36,37)21-8-6-18(16-29)7-9-21/h3-15,17,30-31H,1-2H3. The summed E-state index contributed by atoms with van der Waals surface area (Å²) in [6, 6.07) is 19.9. The summed E-state index contributed by atoms with van der Waals surface area (Å²) >= 11 is 0. The Bertz CT molecular complexity index is 2090. The lowest BCUT2D eigenvalue weighted by atomic mass is 10.0. The van der Waals surface area contributed by atoms with Crippen molar-refractivity contribution >= 4 is 36.5 Å². The molecule has 3 aromatic carbocycles. The van der Waals surface area contributed by atoms with Gasteiger partial charge in [0.25, 0.3) is 15.6 Å². The fourth-order valence-corrected chi connectivity index (χ4v) is 5.89. The Morgan fingerprint density at radius 3 is 2.35 bits per heavy atom. The fourth-order valence-electron chi connectivity index (χ4n) is 4.20. The van der Waals surface area contributed by atoms with Crippen molar-refractivity contribution in [1.29, 1.82) is 5.26 Å². The van der Waals surface area contributed by atoms with Gasteiger partial charge in [0.2, 0.25) is 0 Å². The summed E-state index contributed by atoms with van der Waals surface area (Å²) < 4.78 is 60.5. The molecule has 2 N–H and O–H groups in total. The number of sulfone groups is 1. The number of fused-ring (bicyclic) bond motifs is 1. The van der Waals surface area contributed by atoms with Crippen molar-refractivity contribution in [3.05, 3.63) is 101 Å². The van der Waals surface area contributed by atoms with E-state index in [1.54, 1.807) is 43.7 Å². The van der Waals surface area contributed by atoms with E-state index in [4.69, 9.17) is 10.00 Å². The number of pyridine rings is 1. The number of aryl methyl sites for hydroxylation is 1. The van der Waals surface area contributed by atoms with Crippen LogP contribution in [-0.4, -0.2) is 32.6 Å². The van der Waals surface area contributed by atoms with Gasteiger partial charge in [-0.2, -0.15) is 5.26 Å². The van der Waals surface area contributed by atoms with Gasteiger partial charge >= 0.3 is 0 Å². The predicted octanol–water partition coefficient (Wildman–Crippen LogP) is 4.40. The van der Waals surface area contributed by atoms with Gasteiger partial charge < -0.3 is 14.3 Å². The van der Waals surface area contributed by atoms with Gasteiger partial charge in [-0.25, -0.2) is 16.8 Å². The van der Waals surface area contributed by atoms with Gasteiger partial charge in [-0.1, -0.05) is 6.07 Å². The van der Waals surface area contributed by atoms with Gasteiger partial charge in [0.15, 0.2) is 9.84 Å². The summed E-state index contributed by atoms with van der Waals surface area (Å²) in [5.74, 6) is 0.573. The molecule has 0 bridgehead atoms. The number of hydrogen-bond acceptors (Lipinski definition) is 7. The molecule has 0 aliphatic carbocycles. The number of sulfonamides is 1. The number of H-pyrrole nitrogens is 1. The molecular weight excluding hydrogens is 552 g/mol. The lowest BCUT2D eigenvalue weighted by Gasteiger charge is -2.15. The summed E-state index contributed by atoms with van der Waals surface area (Å²) in [7, 11) is -5.92. The van der Waals surface area contributed by atoms with E-state index in [0.29, 0.717) is 33.3 Å². The van der Waals surface area contributed by atoms with E-state index in [1.807, 2.05) is 6.07 Å². The Kier molecular flexibility index (Phi) is 6.70. The van der Waals surface area contributed by atoms with Gasteiger partial charge in [0, 0.05) is 48.3 Å². The van der Waals surface area contributed by atoms with Crippen molar-refractivity contribution in [2.75, 3.05) is 11.0 Å². The lowest BCUT2D eigenvalue weighted by Crippen LogP contribution is -2.16. The third-order valence-corrected chi connectivity index (χ3v) is 8.68. The minimum Gasteiger partial charge on any atom is -0.457 e. The molecule has 10 nitrogen and oxygen atoms in total. The Morgan fingerprint density at radius 1 is 0.925 bits per heavy atom. The normalized spacial score (nSPS) is 11.7. The third kappa shape index (κ3) is 5.20. The number of aromatic nitrogens is 2. The zero-order chi connectivity index (χ0) is 28.7. The maximum absolute atomic E-state index is 12.9. The molecule has 0 unspecified atom stereocenters. The van der Waals surface area contributed by atoms with Crippen LogP contribution in [0, 0.1) is 11.3 Å². The minimum absolute atomic E-state index is 0.0123. The number of nitriles is 1. The van der Waals surface area contributed by atoms with Crippen LogP contribution in [0.25, 0.3) is 22.0 Å². The van der Waals surface area contributed by atoms with Gasteiger partial charge in [-0.3, -0.25) is 9.52 Å². The summed E-state index contributed by atoms with van der Waals surface area (Å²) in [4.78, 5) is 15.6. The predicted molar refractivity (Wildman–Crippen MR) is 151 cm³/mol. The zero-order valence-electron chi connectivity index (χ0n) is 21.2. The Balaban J connectivity index is 1.55. The molecule has 5 aromatic rings. The first-order chi connectivity index (χ1) is 19.0. The van der Waals surface area contributed by atoms with Crippen molar-refractivity contribution in [2.45, 2.75) is 9.79 Å². The Hall–Kier alpha value is -4.86. The number of hydrogen-bond donors (Lipinski definition) is 2. The second-order valence-electron chi connectivity index (χ2n) is 9.03. The van der Waals surface area contributed by atoms with Gasteiger partial charge in [-0.15, -0.1) is 0 Å². The highest BCUT2D eigenvalue weighted by atomic mass is 32.2. The molecule has 0 spiro atoms. The maximum Gasteiger partial charge on any atom is 0.274 e. The van der Waals surface area contributed by atoms with Crippen LogP contribution in [-0.2, 0) is 26.9 Å². The van der Waals surface area contributed by atoms with Crippen molar-refractivity contribution in [1.82, 2.24) is 9.55 Å². The van der Waals surface area contributed by atoms with Crippen LogP contribution in [0.15, 0.2) is 99.8 Å². The van der Waals surface area contributed by atoms with Crippen molar-refractivity contribution in [3.63, 3.8) is 0 Å². The van der Waals surface area contributed by atoms with Crippen LogP contribution < -0.4 is 15.0 Å². The Morgan fingerprint density at radius 2 is 1.65 bits per heavy atom. The SMILES string of the molecule is Cn1cc(-c2cc(S(C)(=O)=O)ccc2Oc2cccc(NS(=O)(=O)c3ccc(C#N)cc3)c2)c2cc[nH]c2c1=O. The second-order valence-corrected chi connectivity index (χ2v) is 12.7. The number of benzene rings is 3. The highest BCUT2D eigenvalue weighted by molar-refractivity contribution is 7.92. The third-order valence-electron chi connectivity index (χ3n) is 6.17. The average molecular weight is 575 g/mol. The molecule has 40 heavy (non-hydrogen) atoms. The summed E-state index contributed by atoms with van der Waals surface area (Å²) in [5, 5.41) is 9.54. The van der Waals surface area contributed by atoms with Gasteiger partial charge in [0.1, 0.15) is 17.0 Å². The minimum atomic E-state index is -3.95. The molecule has 0 aliphatic heterocycles. The molecule has 0 saturated heterocycles. The second kappa shape index (κ2) is 10.0. The first-order valence-electron chi connectivity index (χ1n) is 11.8. The molecule has 2 aromatic heterocycles. The van der Waals surface area contributed by atoms with E-state index < -0.39 is 19.9 Å². The summed E-state index contributed by atoms with van der Waals surface area (Å²) in [5.41, 5.74) is 1.67. The van der Waals surface area contributed by atoms with E-state index in [1.165, 1.54) is 53.1 Å². The molecular formula is C28H22N4O6S2. The molecule has 2 heterocycles. The van der Waals surface area contributed by atoms with Crippen LogP contribution in [0.3, 0.4) is 0 Å². The number of ether oxygens (including phenoxy) is 1. The van der Waals surface area contributed by atoms with Crippen LogP contribution in [0.1, 0.15) is 5.56 Å². The van der Waals surface area contributed by atoms with Crippen molar-refractivity contribution in [2.24, 2.45) is 7.05 Å². The molecule has 0 atom stereocenters. The van der Waals surface area contributed by atoms with E-state index in [-0.39, 0.29) is 26.8 Å². The summed E-state index contributed by atoms with van der Waals surface area (Å²) in [6.45, 7) is 0. The molecule has 0 radical (unpaired) electrons. The van der Waals surface area contributed by atoms with Crippen LogP contribution >= 0.6 is 0 Å². The Labute approximate surface area is 230 Å². The van der Waals surface area contributed by atoms with E-state index in [0.717, 1.165) is 6.26 Å². The first kappa shape index (κ1) is 26.7. The van der Waals surface area contributed by atoms with E-state index >= 15 is 0 Å². The molecule has 202 valence electrons. The van der Waals surface area contributed by atoms with Crippen molar-refractivity contribution < 1.29 is 21.6 Å². The smallest absolute Gasteiger partial charge is 0.274 e.